The predicted octanol–water partition coefficient (Wildman–Crippen LogP) is 2.32. The fraction of sp³-hybridized carbons (Fsp3) is 0.467. The highest BCUT2D eigenvalue weighted by molar-refractivity contribution is 5.92. The summed E-state index contributed by atoms with van der Waals surface area (Å²) in [5.74, 6) is -1.01. The van der Waals surface area contributed by atoms with Crippen LogP contribution in [0.2, 0.25) is 0 Å². The average Bonchev–Trinajstić information content (AvgIpc) is 2.36. The number of nitrogens with zero attached hydrogens (tertiary/aromatic N) is 1. The number of rotatable bonds is 5. The lowest BCUT2D eigenvalue weighted by Gasteiger charge is -2.28. The number of nitrogens with one attached hydrogen (secondary N) is 1. The van der Waals surface area contributed by atoms with E-state index in [1.165, 1.54) is 17.0 Å². The lowest BCUT2D eigenvalue weighted by molar-refractivity contribution is 0.0501. The number of aliphatic hydroxyl groups is 1. The van der Waals surface area contributed by atoms with E-state index in [4.69, 9.17) is 5.11 Å². The number of carbonyl (C=O) groups is 2. The van der Waals surface area contributed by atoms with E-state index in [1.54, 1.807) is 26.8 Å². The molecule has 0 fully saturated rings. The minimum atomic E-state index is -1.01. The molecule has 0 aromatic heterocycles. The monoisotopic (exact) mass is 294 g/mol. The number of aromatic carboxylic acids is 1. The van der Waals surface area contributed by atoms with E-state index in [0.717, 1.165) is 0 Å². The molecule has 6 nitrogen and oxygen atoms in total. The zero-order valence-corrected chi connectivity index (χ0v) is 12.8. The van der Waals surface area contributed by atoms with Crippen LogP contribution < -0.4 is 5.32 Å². The largest absolute Gasteiger partial charge is 0.478 e. The molecule has 0 heterocycles. The maximum atomic E-state index is 12.2. The quantitative estimate of drug-likeness (QED) is 0.777. The van der Waals surface area contributed by atoms with Gasteiger partial charge in [-0.25, -0.2) is 9.59 Å². The molecule has 0 spiro atoms. The smallest absolute Gasteiger partial charge is 0.335 e. The fourth-order valence-electron chi connectivity index (χ4n) is 1.93. The highest BCUT2D eigenvalue weighted by atomic mass is 16.4. The summed E-state index contributed by atoms with van der Waals surface area (Å²) in [6, 6.07) is 4.18. The number of carbonyl (C=O) groups excluding carboxylic acids is 1. The van der Waals surface area contributed by atoms with Gasteiger partial charge >= 0.3 is 12.0 Å². The normalized spacial score (nSPS) is 11.1. The van der Waals surface area contributed by atoms with Crippen molar-refractivity contribution in [2.45, 2.75) is 33.3 Å². The Morgan fingerprint density at radius 2 is 1.95 bits per heavy atom. The summed E-state index contributed by atoms with van der Waals surface area (Å²) in [5, 5.41) is 21.4. The molecule has 0 radical (unpaired) electrons. The molecule has 3 N–H and O–H groups in total. The maximum absolute atomic E-state index is 12.2. The Bertz CT molecular complexity index is 535. The minimum absolute atomic E-state index is 0.175. The van der Waals surface area contributed by atoms with Gasteiger partial charge in [0.25, 0.3) is 0 Å². The van der Waals surface area contributed by atoms with Crippen LogP contribution in [0.4, 0.5) is 10.5 Å². The molecule has 21 heavy (non-hydrogen) atoms. The molecule has 0 aliphatic carbocycles. The summed E-state index contributed by atoms with van der Waals surface area (Å²) in [6.45, 7) is 7.50. The second-order valence-corrected chi connectivity index (χ2v) is 5.59. The van der Waals surface area contributed by atoms with Crippen molar-refractivity contribution in [2.75, 3.05) is 18.4 Å². The Kier molecular flexibility index (Phi) is 5.32. The molecule has 0 unspecified atom stereocenters. The molecule has 116 valence electrons. The molecule has 1 aromatic carbocycles. The van der Waals surface area contributed by atoms with Gasteiger partial charge in [-0.3, -0.25) is 0 Å². The molecule has 2 amide bonds. The SMILES string of the molecule is CCN(CC(C)(C)O)C(=O)Nc1ccc(C(=O)O)cc1C. The Morgan fingerprint density at radius 3 is 2.38 bits per heavy atom. The number of carboxylic acid groups (broad SMARTS) is 1. The van der Waals surface area contributed by atoms with Crippen molar-refractivity contribution in [3.63, 3.8) is 0 Å². The molecule has 0 aliphatic rings. The van der Waals surface area contributed by atoms with Crippen LogP contribution in [0, 0.1) is 6.92 Å². The number of aryl methyl sites for hydroxylation is 1. The Morgan fingerprint density at radius 1 is 1.33 bits per heavy atom. The summed E-state index contributed by atoms with van der Waals surface area (Å²) in [7, 11) is 0. The number of urea groups is 1. The van der Waals surface area contributed by atoms with Crippen molar-refractivity contribution in [3.05, 3.63) is 29.3 Å². The van der Waals surface area contributed by atoms with Gasteiger partial charge in [-0.05, 0) is 51.5 Å². The first kappa shape index (κ1) is 17.0. The highest BCUT2D eigenvalue weighted by Crippen LogP contribution is 2.17. The summed E-state index contributed by atoms with van der Waals surface area (Å²) in [4.78, 5) is 24.5. The zero-order chi connectivity index (χ0) is 16.2. The first-order chi connectivity index (χ1) is 9.64. The topological polar surface area (TPSA) is 89.9 Å². The number of carboxylic acids is 1. The second kappa shape index (κ2) is 6.58. The molecule has 6 heteroatoms. The van der Waals surface area contributed by atoms with Crippen molar-refractivity contribution >= 4 is 17.7 Å². The van der Waals surface area contributed by atoms with E-state index in [9.17, 15) is 14.7 Å². The molecule has 0 aliphatic heterocycles. The van der Waals surface area contributed by atoms with E-state index in [2.05, 4.69) is 5.32 Å². The van der Waals surface area contributed by atoms with E-state index < -0.39 is 11.6 Å². The number of hydrogen-bond donors (Lipinski definition) is 3. The zero-order valence-electron chi connectivity index (χ0n) is 12.8. The molecular weight excluding hydrogens is 272 g/mol. The number of benzene rings is 1. The minimum Gasteiger partial charge on any atom is -0.478 e. The van der Waals surface area contributed by atoms with Crippen LogP contribution in [0.5, 0.6) is 0 Å². The van der Waals surface area contributed by atoms with Gasteiger partial charge in [0.2, 0.25) is 0 Å². The molecular formula is C15H22N2O4. The highest BCUT2D eigenvalue weighted by Gasteiger charge is 2.21. The lowest BCUT2D eigenvalue weighted by atomic mass is 10.1. The van der Waals surface area contributed by atoms with Gasteiger partial charge in [0.1, 0.15) is 0 Å². The van der Waals surface area contributed by atoms with Gasteiger partial charge < -0.3 is 20.4 Å². The average molecular weight is 294 g/mol. The van der Waals surface area contributed by atoms with Gasteiger partial charge in [0.05, 0.1) is 17.7 Å². The Balaban J connectivity index is 2.84. The van der Waals surface area contributed by atoms with Crippen molar-refractivity contribution in [3.8, 4) is 0 Å². The molecule has 1 aromatic rings. The van der Waals surface area contributed by atoms with E-state index in [1.807, 2.05) is 6.92 Å². The van der Waals surface area contributed by atoms with Crippen molar-refractivity contribution in [1.29, 1.82) is 0 Å². The van der Waals surface area contributed by atoms with Crippen molar-refractivity contribution in [2.24, 2.45) is 0 Å². The molecule has 0 bridgehead atoms. The van der Waals surface area contributed by atoms with E-state index in [-0.39, 0.29) is 18.1 Å². The van der Waals surface area contributed by atoms with E-state index in [0.29, 0.717) is 17.8 Å². The summed E-state index contributed by atoms with van der Waals surface area (Å²) >= 11 is 0. The second-order valence-electron chi connectivity index (χ2n) is 5.59. The van der Waals surface area contributed by atoms with E-state index >= 15 is 0 Å². The third-order valence-electron chi connectivity index (χ3n) is 2.96. The standard InChI is InChI=1S/C15H22N2O4/c1-5-17(9-15(3,4)21)14(20)16-12-7-6-11(13(18)19)8-10(12)2/h6-8,21H,5,9H2,1-4H3,(H,16,20)(H,18,19). The van der Waals surface area contributed by atoms with Crippen molar-refractivity contribution in [1.82, 2.24) is 4.90 Å². The van der Waals surface area contributed by atoms with Gasteiger partial charge in [-0.1, -0.05) is 0 Å². The number of anilines is 1. The fourth-order valence-corrected chi connectivity index (χ4v) is 1.93. The first-order valence-electron chi connectivity index (χ1n) is 6.76. The molecule has 0 atom stereocenters. The van der Waals surface area contributed by atoms with Crippen LogP contribution in [-0.4, -0.2) is 45.8 Å². The summed E-state index contributed by atoms with van der Waals surface area (Å²) in [5.41, 5.74) is 0.423. The van der Waals surface area contributed by atoms with Gasteiger partial charge in [0.15, 0.2) is 0 Å². The van der Waals surface area contributed by atoms with Gasteiger partial charge in [-0.2, -0.15) is 0 Å². The number of likely N-dealkylation sites (N-methyl/N-ethyl adjacent to an activating group) is 1. The van der Waals surface area contributed by atoms with Crippen LogP contribution in [-0.2, 0) is 0 Å². The van der Waals surface area contributed by atoms with Crippen LogP contribution >= 0.6 is 0 Å². The third kappa shape index (κ3) is 5.07. The van der Waals surface area contributed by atoms with Crippen LogP contribution in [0.1, 0.15) is 36.7 Å². The first-order valence-corrected chi connectivity index (χ1v) is 6.76. The van der Waals surface area contributed by atoms with Crippen LogP contribution in [0.25, 0.3) is 0 Å². The summed E-state index contributed by atoms with van der Waals surface area (Å²) < 4.78 is 0. The number of amides is 2. The third-order valence-corrected chi connectivity index (χ3v) is 2.96. The predicted molar refractivity (Wildman–Crippen MR) is 80.7 cm³/mol. The summed E-state index contributed by atoms with van der Waals surface area (Å²) in [6.07, 6.45) is 0. The molecule has 0 saturated carbocycles. The lowest BCUT2D eigenvalue weighted by Crippen LogP contribution is -2.44. The Hall–Kier alpha value is -2.08. The van der Waals surface area contributed by atoms with Gasteiger partial charge in [0, 0.05) is 12.2 Å². The number of hydrogen-bond acceptors (Lipinski definition) is 3. The van der Waals surface area contributed by atoms with Gasteiger partial charge in [-0.15, -0.1) is 0 Å². The van der Waals surface area contributed by atoms with Crippen molar-refractivity contribution < 1.29 is 19.8 Å². The molecule has 1 rings (SSSR count). The Labute approximate surface area is 124 Å². The maximum Gasteiger partial charge on any atom is 0.335 e. The molecule has 0 saturated heterocycles. The van der Waals surface area contributed by atoms with Crippen LogP contribution in [0.15, 0.2) is 18.2 Å². The van der Waals surface area contributed by atoms with Crippen LogP contribution in [0.3, 0.4) is 0 Å².